The number of hydrogen-bond acceptors (Lipinski definition) is 4. The molecule has 3 heterocycles. The lowest BCUT2D eigenvalue weighted by Gasteiger charge is -2.17. The van der Waals surface area contributed by atoms with Gasteiger partial charge in [0, 0.05) is 44.4 Å². The van der Waals surface area contributed by atoms with Gasteiger partial charge in [-0.15, -0.1) is 0 Å². The van der Waals surface area contributed by atoms with Crippen molar-refractivity contribution >= 4 is 28.7 Å². The zero-order chi connectivity index (χ0) is 20.2. The van der Waals surface area contributed by atoms with Gasteiger partial charge in [-0.3, -0.25) is 4.79 Å². The zero-order valence-electron chi connectivity index (χ0n) is 16.6. The second-order valence-electron chi connectivity index (χ2n) is 7.52. The number of carbonyl (C=O) groups excluding carboxylic acids is 1. The number of amides is 1. The van der Waals surface area contributed by atoms with Gasteiger partial charge in [-0.2, -0.15) is 0 Å². The number of ether oxygens (including phenoxy) is 1. The minimum Gasteiger partial charge on any atom is -0.383 e. The van der Waals surface area contributed by atoms with Crippen LogP contribution in [0.3, 0.4) is 0 Å². The first-order valence-electron chi connectivity index (χ1n) is 9.95. The number of benzene rings is 1. The second-order valence-corrected chi connectivity index (χ2v) is 7.96. The molecule has 0 radical (unpaired) electrons. The number of carbonyl (C=O) groups is 1. The predicted octanol–water partition coefficient (Wildman–Crippen LogP) is 3.36. The molecule has 1 aliphatic rings. The van der Waals surface area contributed by atoms with Crippen molar-refractivity contribution < 1.29 is 9.53 Å². The number of aromatic nitrogens is 3. The van der Waals surface area contributed by atoms with Gasteiger partial charge in [-0.05, 0) is 42.2 Å². The maximum atomic E-state index is 12.7. The third kappa shape index (κ3) is 4.60. The largest absolute Gasteiger partial charge is 0.383 e. The highest BCUT2D eigenvalue weighted by Crippen LogP contribution is 2.24. The van der Waals surface area contributed by atoms with Crippen molar-refractivity contribution in [2.24, 2.45) is 5.92 Å². The van der Waals surface area contributed by atoms with Gasteiger partial charge in [0.2, 0.25) is 5.91 Å². The van der Waals surface area contributed by atoms with Crippen LogP contribution in [0.4, 0.5) is 0 Å². The lowest BCUT2D eigenvalue weighted by molar-refractivity contribution is -0.129. The molecular formula is C22H25ClN4O2. The summed E-state index contributed by atoms with van der Waals surface area (Å²) >= 11 is 5.93. The van der Waals surface area contributed by atoms with E-state index in [1.165, 1.54) is 0 Å². The highest BCUT2D eigenvalue weighted by Gasteiger charge is 2.28. The number of hydrogen-bond donors (Lipinski definition) is 0. The number of halogens is 1. The molecule has 1 fully saturated rings. The second kappa shape index (κ2) is 8.93. The van der Waals surface area contributed by atoms with Crippen LogP contribution in [0.25, 0.3) is 11.2 Å². The molecule has 6 nitrogen and oxygen atoms in total. The van der Waals surface area contributed by atoms with Crippen LogP contribution < -0.4 is 0 Å². The van der Waals surface area contributed by atoms with Crippen LogP contribution >= 0.6 is 11.6 Å². The van der Waals surface area contributed by atoms with E-state index in [1.807, 2.05) is 41.3 Å². The molecule has 0 unspecified atom stereocenters. The van der Waals surface area contributed by atoms with E-state index in [1.54, 1.807) is 13.3 Å². The summed E-state index contributed by atoms with van der Waals surface area (Å²) in [7, 11) is 1.70. The van der Waals surface area contributed by atoms with E-state index in [2.05, 4.69) is 9.55 Å². The third-order valence-electron chi connectivity index (χ3n) is 5.48. The monoisotopic (exact) mass is 412 g/mol. The molecule has 0 N–H and O–H groups in total. The molecule has 1 saturated heterocycles. The minimum absolute atomic E-state index is 0.171. The summed E-state index contributed by atoms with van der Waals surface area (Å²) in [6.07, 6.45) is 4.04. The Balaban J connectivity index is 1.42. The van der Waals surface area contributed by atoms with E-state index < -0.39 is 0 Å². The Morgan fingerprint density at radius 3 is 2.90 bits per heavy atom. The average molecular weight is 413 g/mol. The number of rotatable bonds is 7. The smallest absolute Gasteiger partial charge is 0.226 e. The molecule has 3 aromatic rings. The number of imidazole rings is 1. The molecule has 1 aliphatic heterocycles. The van der Waals surface area contributed by atoms with Crippen molar-refractivity contribution in [2.75, 3.05) is 26.8 Å². The Hall–Kier alpha value is -2.44. The van der Waals surface area contributed by atoms with Gasteiger partial charge in [-0.25, -0.2) is 9.97 Å². The molecular weight excluding hydrogens is 388 g/mol. The maximum Gasteiger partial charge on any atom is 0.226 e. The lowest BCUT2D eigenvalue weighted by Crippen LogP contribution is -2.30. The van der Waals surface area contributed by atoms with Gasteiger partial charge >= 0.3 is 0 Å². The van der Waals surface area contributed by atoms with Crippen LogP contribution in [0.15, 0.2) is 42.6 Å². The van der Waals surface area contributed by atoms with Gasteiger partial charge in [-0.1, -0.05) is 23.7 Å². The van der Waals surface area contributed by atoms with E-state index >= 15 is 0 Å². The number of pyridine rings is 1. The maximum absolute atomic E-state index is 12.7. The van der Waals surface area contributed by atoms with Gasteiger partial charge in [0.25, 0.3) is 0 Å². The topological polar surface area (TPSA) is 60.2 Å². The fourth-order valence-electron chi connectivity index (χ4n) is 3.95. The van der Waals surface area contributed by atoms with Crippen LogP contribution in [0, 0.1) is 5.92 Å². The molecule has 0 bridgehead atoms. The van der Waals surface area contributed by atoms with Crippen LogP contribution in [0.2, 0.25) is 5.02 Å². The standard InChI is InChI=1S/C22H25ClN4O2/c1-29-12-11-27-20(25-19-3-2-9-24-22(19)27)13-17-8-10-26(15-17)21(28)14-16-4-6-18(23)7-5-16/h2-7,9,17H,8,10-15H2,1H3/t17-/m1/s1. The van der Waals surface area contributed by atoms with Crippen molar-refractivity contribution in [3.8, 4) is 0 Å². The van der Waals surface area contributed by atoms with E-state index in [4.69, 9.17) is 21.3 Å². The summed E-state index contributed by atoms with van der Waals surface area (Å²) in [6.45, 7) is 2.91. The molecule has 152 valence electrons. The fraction of sp³-hybridized carbons (Fsp3) is 0.409. The molecule has 1 amide bonds. The minimum atomic E-state index is 0.171. The van der Waals surface area contributed by atoms with Crippen LogP contribution in [-0.2, 0) is 28.9 Å². The van der Waals surface area contributed by atoms with Crippen molar-refractivity contribution in [2.45, 2.75) is 25.8 Å². The predicted molar refractivity (Wildman–Crippen MR) is 113 cm³/mol. The summed E-state index contributed by atoms with van der Waals surface area (Å²) < 4.78 is 7.41. The van der Waals surface area contributed by atoms with Crippen LogP contribution in [-0.4, -0.2) is 52.1 Å². The van der Waals surface area contributed by atoms with Crippen molar-refractivity contribution in [1.82, 2.24) is 19.4 Å². The molecule has 1 aromatic carbocycles. The van der Waals surface area contributed by atoms with Crippen molar-refractivity contribution in [3.05, 3.63) is 59.0 Å². The number of likely N-dealkylation sites (tertiary alicyclic amines) is 1. The summed E-state index contributed by atoms with van der Waals surface area (Å²) in [5.74, 6) is 1.60. The Morgan fingerprint density at radius 2 is 2.10 bits per heavy atom. The molecule has 0 saturated carbocycles. The van der Waals surface area contributed by atoms with Gasteiger partial charge in [0.15, 0.2) is 5.65 Å². The van der Waals surface area contributed by atoms with E-state index in [9.17, 15) is 4.79 Å². The van der Waals surface area contributed by atoms with Crippen molar-refractivity contribution in [3.63, 3.8) is 0 Å². The molecule has 29 heavy (non-hydrogen) atoms. The average Bonchev–Trinajstić information content (AvgIpc) is 3.33. The number of fused-ring (bicyclic) bond motifs is 1. The third-order valence-corrected chi connectivity index (χ3v) is 5.73. The summed E-state index contributed by atoms with van der Waals surface area (Å²) in [5.41, 5.74) is 2.80. The number of methoxy groups -OCH3 is 1. The molecule has 0 spiro atoms. The molecule has 0 aliphatic carbocycles. The molecule has 7 heteroatoms. The highest BCUT2D eigenvalue weighted by molar-refractivity contribution is 6.30. The van der Waals surface area contributed by atoms with E-state index in [0.717, 1.165) is 55.0 Å². The molecule has 2 aromatic heterocycles. The number of nitrogens with zero attached hydrogens (tertiary/aromatic N) is 4. The zero-order valence-corrected chi connectivity index (χ0v) is 17.3. The first-order chi connectivity index (χ1) is 14.1. The Bertz CT molecular complexity index is 986. The van der Waals surface area contributed by atoms with Crippen LogP contribution in [0.5, 0.6) is 0 Å². The fourth-order valence-corrected chi connectivity index (χ4v) is 4.08. The highest BCUT2D eigenvalue weighted by atomic mass is 35.5. The Kier molecular flexibility index (Phi) is 6.11. The quantitative estimate of drug-likeness (QED) is 0.597. The van der Waals surface area contributed by atoms with E-state index in [0.29, 0.717) is 24.0 Å². The molecule has 1 atom stereocenters. The summed E-state index contributed by atoms with van der Waals surface area (Å²) in [4.78, 5) is 24.0. The van der Waals surface area contributed by atoms with Gasteiger partial charge < -0.3 is 14.2 Å². The van der Waals surface area contributed by atoms with Crippen LogP contribution in [0.1, 0.15) is 17.8 Å². The first-order valence-corrected chi connectivity index (χ1v) is 10.3. The Morgan fingerprint density at radius 1 is 1.28 bits per heavy atom. The van der Waals surface area contributed by atoms with E-state index in [-0.39, 0.29) is 5.91 Å². The summed E-state index contributed by atoms with van der Waals surface area (Å²) in [6, 6.07) is 11.4. The summed E-state index contributed by atoms with van der Waals surface area (Å²) in [5, 5.41) is 0.688. The lowest BCUT2D eigenvalue weighted by atomic mass is 10.0. The SMILES string of the molecule is COCCn1c(C[C@H]2CCN(C(=O)Cc3ccc(Cl)cc3)C2)nc2cccnc21. The molecule has 4 rings (SSSR count). The van der Waals surface area contributed by atoms with Gasteiger partial charge in [0.1, 0.15) is 11.3 Å². The van der Waals surface area contributed by atoms with Crippen molar-refractivity contribution in [1.29, 1.82) is 0 Å². The normalized spacial score (nSPS) is 16.6. The van der Waals surface area contributed by atoms with Gasteiger partial charge in [0.05, 0.1) is 13.0 Å². The Labute approximate surface area is 175 Å². The first kappa shape index (κ1) is 19.9.